The van der Waals surface area contributed by atoms with Gasteiger partial charge in [0.15, 0.2) is 0 Å². The van der Waals surface area contributed by atoms with Crippen molar-refractivity contribution in [3.05, 3.63) is 17.5 Å². The van der Waals surface area contributed by atoms with Crippen LogP contribution in [0.3, 0.4) is 0 Å². The zero-order valence-corrected chi connectivity index (χ0v) is 7.86. The van der Waals surface area contributed by atoms with Gasteiger partial charge in [-0.2, -0.15) is 5.10 Å². The second kappa shape index (κ2) is 3.93. The minimum atomic E-state index is 0.207. The molecule has 72 valence electrons. The SMILES string of the molecule is CCn1cc(C/C(N)=N/O)c(C)n1. The number of hydrogen-bond donors (Lipinski definition) is 2. The van der Waals surface area contributed by atoms with Gasteiger partial charge in [-0.3, -0.25) is 4.68 Å². The Morgan fingerprint density at radius 3 is 2.92 bits per heavy atom. The average Bonchev–Trinajstić information content (AvgIpc) is 2.47. The van der Waals surface area contributed by atoms with Gasteiger partial charge in [-0.05, 0) is 13.8 Å². The van der Waals surface area contributed by atoms with Crippen molar-refractivity contribution in [3.8, 4) is 0 Å². The standard InChI is InChI=1S/C8H14N4O/c1-3-12-5-7(6(2)10-12)4-8(9)11-13/h5,13H,3-4H2,1-2H3,(H2,9,11). The van der Waals surface area contributed by atoms with Crippen LogP contribution in [0, 0.1) is 6.92 Å². The number of rotatable bonds is 3. The summed E-state index contributed by atoms with van der Waals surface area (Å²) in [6, 6.07) is 0. The number of amidine groups is 1. The Hall–Kier alpha value is -1.52. The molecule has 13 heavy (non-hydrogen) atoms. The summed E-state index contributed by atoms with van der Waals surface area (Å²) < 4.78 is 1.83. The topological polar surface area (TPSA) is 76.4 Å². The molecule has 5 nitrogen and oxygen atoms in total. The van der Waals surface area contributed by atoms with Crippen molar-refractivity contribution in [2.45, 2.75) is 26.8 Å². The van der Waals surface area contributed by atoms with Gasteiger partial charge in [0.2, 0.25) is 0 Å². The number of aryl methyl sites for hydroxylation is 2. The Kier molecular flexibility index (Phi) is 2.89. The lowest BCUT2D eigenvalue weighted by atomic mass is 10.2. The molecule has 3 N–H and O–H groups in total. The lowest BCUT2D eigenvalue weighted by Crippen LogP contribution is -2.14. The van der Waals surface area contributed by atoms with E-state index < -0.39 is 0 Å². The van der Waals surface area contributed by atoms with E-state index in [9.17, 15) is 0 Å². The van der Waals surface area contributed by atoms with Crippen LogP contribution in [0.4, 0.5) is 0 Å². The first-order valence-corrected chi connectivity index (χ1v) is 4.16. The predicted octanol–water partition coefficient (Wildman–Crippen LogP) is 0.500. The van der Waals surface area contributed by atoms with Crippen LogP contribution in [-0.2, 0) is 13.0 Å². The summed E-state index contributed by atoms with van der Waals surface area (Å²) in [5.41, 5.74) is 7.31. The van der Waals surface area contributed by atoms with Crippen molar-refractivity contribution >= 4 is 5.84 Å². The van der Waals surface area contributed by atoms with E-state index in [1.165, 1.54) is 0 Å². The molecular weight excluding hydrogens is 168 g/mol. The van der Waals surface area contributed by atoms with Crippen LogP contribution >= 0.6 is 0 Å². The van der Waals surface area contributed by atoms with Gasteiger partial charge in [0.1, 0.15) is 5.84 Å². The van der Waals surface area contributed by atoms with E-state index in [0.29, 0.717) is 6.42 Å². The van der Waals surface area contributed by atoms with Gasteiger partial charge in [-0.1, -0.05) is 5.16 Å². The smallest absolute Gasteiger partial charge is 0.143 e. The van der Waals surface area contributed by atoms with Crippen LogP contribution in [0.15, 0.2) is 11.4 Å². The molecule has 0 bridgehead atoms. The fourth-order valence-electron chi connectivity index (χ4n) is 1.13. The van der Waals surface area contributed by atoms with Gasteiger partial charge in [-0.15, -0.1) is 0 Å². The lowest BCUT2D eigenvalue weighted by molar-refractivity contribution is 0.317. The Morgan fingerprint density at radius 2 is 2.46 bits per heavy atom. The van der Waals surface area contributed by atoms with E-state index >= 15 is 0 Å². The minimum Gasteiger partial charge on any atom is -0.409 e. The highest BCUT2D eigenvalue weighted by Gasteiger charge is 2.05. The molecule has 0 spiro atoms. The van der Waals surface area contributed by atoms with E-state index in [2.05, 4.69) is 10.3 Å². The number of nitrogens with zero attached hydrogens (tertiary/aromatic N) is 3. The van der Waals surface area contributed by atoms with Crippen molar-refractivity contribution < 1.29 is 5.21 Å². The Balaban J connectivity index is 2.82. The van der Waals surface area contributed by atoms with Gasteiger partial charge >= 0.3 is 0 Å². The maximum absolute atomic E-state index is 8.39. The van der Waals surface area contributed by atoms with E-state index in [0.717, 1.165) is 17.8 Å². The van der Waals surface area contributed by atoms with Crippen molar-refractivity contribution in [1.82, 2.24) is 9.78 Å². The maximum Gasteiger partial charge on any atom is 0.143 e. The highest BCUT2D eigenvalue weighted by atomic mass is 16.4. The number of oxime groups is 1. The summed E-state index contributed by atoms with van der Waals surface area (Å²) >= 11 is 0. The fourth-order valence-corrected chi connectivity index (χ4v) is 1.13. The first-order valence-electron chi connectivity index (χ1n) is 4.16. The van der Waals surface area contributed by atoms with Crippen LogP contribution in [0.1, 0.15) is 18.2 Å². The van der Waals surface area contributed by atoms with Gasteiger partial charge in [0.05, 0.1) is 5.69 Å². The van der Waals surface area contributed by atoms with Gasteiger partial charge in [-0.25, -0.2) is 0 Å². The molecule has 1 rings (SSSR count). The molecular formula is C8H14N4O. The van der Waals surface area contributed by atoms with Crippen LogP contribution in [-0.4, -0.2) is 20.8 Å². The molecule has 1 aromatic heterocycles. The molecule has 1 heterocycles. The zero-order chi connectivity index (χ0) is 9.84. The Labute approximate surface area is 76.8 Å². The summed E-state index contributed by atoms with van der Waals surface area (Å²) in [7, 11) is 0. The average molecular weight is 182 g/mol. The third-order valence-electron chi connectivity index (χ3n) is 1.87. The molecule has 0 aliphatic heterocycles. The van der Waals surface area contributed by atoms with Crippen molar-refractivity contribution in [2.75, 3.05) is 0 Å². The number of nitrogens with two attached hydrogens (primary N) is 1. The Bertz CT molecular complexity index is 316. The van der Waals surface area contributed by atoms with Crippen molar-refractivity contribution in [3.63, 3.8) is 0 Å². The largest absolute Gasteiger partial charge is 0.409 e. The van der Waals surface area contributed by atoms with Gasteiger partial charge in [0.25, 0.3) is 0 Å². The molecule has 1 aromatic rings. The maximum atomic E-state index is 8.39. The first-order chi connectivity index (χ1) is 6.17. The fraction of sp³-hybridized carbons (Fsp3) is 0.500. The van der Waals surface area contributed by atoms with E-state index in [1.54, 1.807) is 0 Å². The summed E-state index contributed by atoms with van der Waals surface area (Å²) in [5, 5.41) is 15.5. The zero-order valence-electron chi connectivity index (χ0n) is 7.86. The third kappa shape index (κ3) is 2.21. The highest BCUT2D eigenvalue weighted by Crippen LogP contribution is 2.06. The molecule has 0 amide bonds. The van der Waals surface area contributed by atoms with Gasteiger partial charge < -0.3 is 10.9 Å². The minimum absolute atomic E-state index is 0.207. The molecule has 0 saturated carbocycles. The molecule has 0 unspecified atom stereocenters. The van der Waals surface area contributed by atoms with Gasteiger partial charge in [0, 0.05) is 24.7 Å². The monoisotopic (exact) mass is 182 g/mol. The Morgan fingerprint density at radius 1 is 1.77 bits per heavy atom. The molecule has 0 aliphatic carbocycles. The predicted molar refractivity (Wildman–Crippen MR) is 49.8 cm³/mol. The second-order valence-electron chi connectivity index (χ2n) is 2.86. The van der Waals surface area contributed by atoms with Crippen LogP contribution < -0.4 is 5.73 Å². The number of hydrogen-bond acceptors (Lipinski definition) is 3. The molecule has 0 fully saturated rings. The van der Waals surface area contributed by atoms with Crippen LogP contribution in [0.5, 0.6) is 0 Å². The van der Waals surface area contributed by atoms with Crippen LogP contribution in [0.2, 0.25) is 0 Å². The lowest BCUT2D eigenvalue weighted by Gasteiger charge is -1.94. The third-order valence-corrected chi connectivity index (χ3v) is 1.87. The van der Waals surface area contributed by atoms with E-state index in [-0.39, 0.29) is 5.84 Å². The molecule has 0 aliphatic rings. The summed E-state index contributed by atoms with van der Waals surface area (Å²) in [4.78, 5) is 0. The molecule has 0 saturated heterocycles. The van der Waals surface area contributed by atoms with E-state index in [4.69, 9.17) is 10.9 Å². The highest BCUT2D eigenvalue weighted by molar-refractivity contribution is 5.82. The molecule has 0 aromatic carbocycles. The normalized spacial score (nSPS) is 12.0. The summed E-state index contributed by atoms with van der Waals surface area (Å²) in [6.45, 7) is 4.75. The molecule has 5 heteroatoms. The summed E-state index contributed by atoms with van der Waals surface area (Å²) in [5.74, 6) is 0.207. The van der Waals surface area contributed by atoms with Crippen molar-refractivity contribution in [2.24, 2.45) is 10.9 Å². The molecule has 0 atom stereocenters. The second-order valence-corrected chi connectivity index (χ2v) is 2.86. The van der Waals surface area contributed by atoms with E-state index in [1.807, 2.05) is 24.7 Å². The van der Waals surface area contributed by atoms with Crippen LogP contribution in [0.25, 0.3) is 0 Å². The molecule has 0 radical (unpaired) electrons. The van der Waals surface area contributed by atoms with Crippen molar-refractivity contribution in [1.29, 1.82) is 0 Å². The number of aromatic nitrogens is 2. The first kappa shape index (κ1) is 9.57. The summed E-state index contributed by atoms with van der Waals surface area (Å²) in [6.07, 6.45) is 2.36. The quantitative estimate of drug-likeness (QED) is 0.309.